The van der Waals surface area contributed by atoms with Crippen LogP contribution in [0.1, 0.15) is 11.1 Å². The van der Waals surface area contributed by atoms with Crippen LogP contribution < -0.4 is 10.1 Å². The smallest absolute Gasteiger partial charge is 0.161 e. The van der Waals surface area contributed by atoms with E-state index in [4.69, 9.17) is 9.15 Å². The van der Waals surface area contributed by atoms with Crippen molar-refractivity contribution < 1.29 is 19.5 Å². The summed E-state index contributed by atoms with van der Waals surface area (Å²) < 4.78 is 11.1. The molecule has 0 unspecified atom stereocenters. The Morgan fingerprint density at radius 1 is 1.04 bits per heavy atom. The number of phenolic OH excluding ortho intramolecular Hbond substituents is 1. The summed E-state index contributed by atoms with van der Waals surface area (Å²) in [6.07, 6.45) is 0. The third kappa shape index (κ3) is 2.61. The van der Waals surface area contributed by atoms with Crippen LogP contribution in [0, 0.1) is 13.8 Å². The van der Waals surface area contributed by atoms with Gasteiger partial charge in [0, 0.05) is 17.0 Å². The standard InChI is InChI=1S/C18H17NO4/c1-10-6-13-14(19-21)9-16(23-17(13)7-11(10)2)12-4-5-15(20)18(8-12)22-3/h4-9,20-21H,1-3H3. The van der Waals surface area contributed by atoms with Gasteiger partial charge in [-0.05, 0) is 55.3 Å². The van der Waals surface area contributed by atoms with Crippen LogP contribution >= 0.6 is 0 Å². The number of ether oxygens (including phenoxy) is 1. The summed E-state index contributed by atoms with van der Waals surface area (Å²) in [7, 11) is 1.48. The lowest BCUT2D eigenvalue weighted by molar-refractivity contribution is 0.302. The third-order valence-corrected chi connectivity index (χ3v) is 3.93. The van der Waals surface area contributed by atoms with E-state index in [0.29, 0.717) is 28.0 Å². The molecule has 3 aromatic rings. The SMILES string of the molecule is COc1cc(-c2cc(=NO)c3cc(C)c(C)cc3o2)ccc1O. The Morgan fingerprint density at radius 2 is 1.78 bits per heavy atom. The highest BCUT2D eigenvalue weighted by atomic mass is 16.5. The molecule has 5 nitrogen and oxygen atoms in total. The van der Waals surface area contributed by atoms with Crippen molar-refractivity contribution in [2.24, 2.45) is 5.16 Å². The number of nitrogens with zero attached hydrogens (tertiary/aromatic N) is 1. The van der Waals surface area contributed by atoms with Gasteiger partial charge >= 0.3 is 0 Å². The fourth-order valence-corrected chi connectivity index (χ4v) is 2.48. The molecular weight excluding hydrogens is 294 g/mol. The summed E-state index contributed by atoms with van der Waals surface area (Å²) >= 11 is 0. The van der Waals surface area contributed by atoms with Crippen molar-refractivity contribution in [2.45, 2.75) is 13.8 Å². The van der Waals surface area contributed by atoms with Crippen molar-refractivity contribution in [3.05, 3.63) is 52.9 Å². The molecule has 0 aliphatic rings. The van der Waals surface area contributed by atoms with Crippen molar-refractivity contribution in [1.29, 1.82) is 0 Å². The summed E-state index contributed by atoms with van der Waals surface area (Å²) in [6, 6.07) is 10.4. The van der Waals surface area contributed by atoms with Crippen molar-refractivity contribution >= 4 is 11.0 Å². The Morgan fingerprint density at radius 3 is 2.48 bits per heavy atom. The largest absolute Gasteiger partial charge is 0.504 e. The summed E-state index contributed by atoms with van der Waals surface area (Å²) in [6.45, 7) is 3.99. The average Bonchev–Trinajstić information content (AvgIpc) is 2.55. The van der Waals surface area contributed by atoms with Crippen molar-refractivity contribution in [1.82, 2.24) is 0 Å². The molecule has 118 valence electrons. The summed E-state index contributed by atoms with van der Waals surface area (Å²) in [5.41, 5.74) is 3.53. The molecule has 0 saturated carbocycles. The van der Waals surface area contributed by atoms with Crippen LogP contribution in [-0.2, 0) is 0 Å². The van der Waals surface area contributed by atoms with Crippen LogP contribution in [0.25, 0.3) is 22.3 Å². The van der Waals surface area contributed by atoms with Gasteiger partial charge in [0.15, 0.2) is 11.5 Å². The lowest BCUT2D eigenvalue weighted by atomic mass is 10.1. The van der Waals surface area contributed by atoms with E-state index >= 15 is 0 Å². The van der Waals surface area contributed by atoms with Gasteiger partial charge in [0.25, 0.3) is 0 Å². The van der Waals surface area contributed by atoms with Gasteiger partial charge < -0.3 is 19.5 Å². The molecular formula is C18H17NO4. The fraction of sp³-hybridized carbons (Fsp3) is 0.167. The van der Waals surface area contributed by atoms with Crippen LogP contribution in [0.3, 0.4) is 0 Å². The molecule has 5 heteroatoms. The molecule has 0 atom stereocenters. The van der Waals surface area contributed by atoms with Crippen LogP contribution in [0.5, 0.6) is 11.5 Å². The second-order valence-corrected chi connectivity index (χ2v) is 5.42. The molecule has 1 aromatic heterocycles. The maximum atomic E-state index is 9.71. The van der Waals surface area contributed by atoms with E-state index in [1.54, 1.807) is 18.2 Å². The second kappa shape index (κ2) is 5.68. The van der Waals surface area contributed by atoms with E-state index in [1.807, 2.05) is 26.0 Å². The van der Waals surface area contributed by atoms with Crippen LogP contribution in [0.15, 0.2) is 46.0 Å². The lowest BCUT2D eigenvalue weighted by Gasteiger charge is -2.09. The molecule has 0 aliphatic heterocycles. The molecule has 23 heavy (non-hydrogen) atoms. The number of hydrogen-bond donors (Lipinski definition) is 2. The zero-order chi connectivity index (χ0) is 16.6. The predicted molar refractivity (Wildman–Crippen MR) is 86.7 cm³/mol. The predicted octanol–water partition coefficient (Wildman–Crippen LogP) is 3.72. The summed E-state index contributed by atoms with van der Waals surface area (Å²) in [4.78, 5) is 0. The highest BCUT2D eigenvalue weighted by Crippen LogP contribution is 2.32. The number of aryl methyl sites for hydroxylation is 2. The molecule has 1 heterocycles. The number of phenols is 1. The third-order valence-electron chi connectivity index (χ3n) is 3.93. The van der Waals surface area contributed by atoms with E-state index in [2.05, 4.69) is 5.16 Å². The maximum Gasteiger partial charge on any atom is 0.161 e. The highest BCUT2D eigenvalue weighted by molar-refractivity contribution is 5.80. The first-order valence-corrected chi connectivity index (χ1v) is 7.14. The van der Waals surface area contributed by atoms with Crippen molar-refractivity contribution in [3.63, 3.8) is 0 Å². The number of aromatic hydroxyl groups is 1. The van der Waals surface area contributed by atoms with E-state index < -0.39 is 0 Å². The van der Waals surface area contributed by atoms with Gasteiger partial charge in [0.1, 0.15) is 16.7 Å². The molecule has 0 amide bonds. The van der Waals surface area contributed by atoms with E-state index in [9.17, 15) is 10.3 Å². The first-order chi connectivity index (χ1) is 11.0. The van der Waals surface area contributed by atoms with Gasteiger partial charge in [-0.1, -0.05) is 5.16 Å². The number of hydrogen-bond acceptors (Lipinski definition) is 5. The van der Waals surface area contributed by atoms with Crippen LogP contribution in [0.2, 0.25) is 0 Å². The Labute approximate surface area is 133 Å². The highest BCUT2D eigenvalue weighted by Gasteiger charge is 2.10. The van der Waals surface area contributed by atoms with E-state index in [0.717, 1.165) is 16.5 Å². The molecule has 0 bridgehead atoms. The Balaban J connectivity index is 2.29. The summed E-state index contributed by atoms with van der Waals surface area (Å²) in [5.74, 6) is 0.919. The van der Waals surface area contributed by atoms with Crippen molar-refractivity contribution in [2.75, 3.05) is 7.11 Å². The number of methoxy groups -OCH3 is 1. The quantitative estimate of drug-likeness (QED) is 0.558. The average molecular weight is 311 g/mol. The normalized spacial score (nSPS) is 11.9. The van der Waals surface area contributed by atoms with Crippen LogP contribution in [0.4, 0.5) is 0 Å². The zero-order valence-electron chi connectivity index (χ0n) is 13.1. The van der Waals surface area contributed by atoms with Gasteiger partial charge in [-0.25, -0.2) is 0 Å². The van der Waals surface area contributed by atoms with E-state index in [1.165, 1.54) is 13.2 Å². The molecule has 0 spiro atoms. The molecule has 0 fully saturated rings. The molecule has 3 rings (SSSR count). The van der Waals surface area contributed by atoms with Crippen molar-refractivity contribution in [3.8, 4) is 22.8 Å². The minimum absolute atomic E-state index is 0.0515. The number of rotatable bonds is 2. The summed E-state index contributed by atoms with van der Waals surface area (Å²) in [5, 5.41) is 23.6. The first-order valence-electron chi connectivity index (χ1n) is 7.14. The monoisotopic (exact) mass is 311 g/mol. The molecule has 0 aliphatic carbocycles. The number of fused-ring (bicyclic) bond motifs is 1. The Bertz CT molecular complexity index is 957. The lowest BCUT2D eigenvalue weighted by Crippen LogP contribution is -2.04. The number of benzene rings is 2. The van der Waals surface area contributed by atoms with Crippen LogP contribution in [-0.4, -0.2) is 17.4 Å². The Kier molecular flexibility index (Phi) is 3.70. The molecule has 0 radical (unpaired) electrons. The van der Waals surface area contributed by atoms with Gasteiger partial charge in [0.2, 0.25) is 0 Å². The molecule has 0 saturated heterocycles. The minimum Gasteiger partial charge on any atom is -0.504 e. The van der Waals surface area contributed by atoms with Gasteiger partial charge in [0.05, 0.1) is 7.11 Å². The maximum absolute atomic E-state index is 9.71. The second-order valence-electron chi connectivity index (χ2n) is 5.42. The van der Waals surface area contributed by atoms with E-state index in [-0.39, 0.29) is 5.75 Å². The minimum atomic E-state index is 0.0515. The Hall–Kier alpha value is -2.95. The molecule has 2 aromatic carbocycles. The molecule has 2 N–H and O–H groups in total. The van der Waals surface area contributed by atoms with Gasteiger partial charge in [-0.3, -0.25) is 0 Å². The van der Waals surface area contributed by atoms with Gasteiger partial charge in [-0.15, -0.1) is 0 Å². The van der Waals surface area contributed by atoms with Gasteiger partial charge in [-0.2, -0.15) is 0 Å². The zero-order valence-corrected chi connectivity index (χ0v) is 13.1. The first kappa shape index (κ1) is 15.0. The topological polar surface area (TPSA) is 75.2 Å². The fourth-order valence-electron chi connectivity index (χ4n) is 2.48.